The fourth-order valence-electron chi connectivity index (χ4n) is 2.20. The molecule has 0 spiro atoms. The van der Waals surface area contributed by atoms with Crippen LogP contribution in [0.5, 0.6) is 0 Å². The summed E-state index contributed by atoms with van der Waals surface area (Å²) < 4.78 is 1.85. The van der Waals surface area contributed by atoms with Crippen LogP contribution in [0.3, 0.4) is 0 Å². The third kappa shape index (κ3) is 3.91. The van der Waals surface area contributed by atoms with Crippen LogP contribution < -0.4 is 5.73 Å². The van der Waals surface area contributed by atoms with E-state index in [0.717, 1.165) is 19.5 Å². The molecule has 4 heteroatoms. The van der Waals surface area contributed by atoms with Crippen LogP contribution in [0.4, 0.5) is 0 Å². The second kappa shape index (κ2) is 6.50. The Labute approximate surface area is 114 Å². The van der Waals surface area contributed by atoms with E-state index in [1.54, 1.807) is 0 Å². The minimum Gasteiger partial charge on any atom is -0.326 e. The molecule has 0 fully saturated rings. The number of hydrogen-bond acceptors (Lipinski definition) is 3. The number of benzene rings is 1. The summed E-state index contributed by atoms with van der Waals surface area (Å²) in [7, 11) is 4.09. The van der Waals surface area contributed by atoms with E-state index in [0.29, 0.717) is 6.54 Å². The molecule has 0 amide bonds. The molecule has 0 unspecified atom stereocenters. The van der Waals surface area contributed by atoms with Gasteiger partial charge in [-0.05, 0) is 30.2 Å². The molecule has 0 bridgehead atoms. The van der Waals surface area contributed by atoms with Crippen molar-refractivity contribution < 1.29 is 0 Å². The first kappa shape index (κ1) is 13.8. The minimum atomic E-state index is 0.604. The highest BCUT2D eigenvalue weighted by atomic mass is 15.2. The van der Waals surface area contributed by atoms with E-state index in [-0.39, 0.29) is 0 Å². The molecule has 4 nitrogen and oxygen atoms in total. The molecule has 2 rings (SSSR count). The van der Waals surface area contributed by atoms with E-state index in [9.17, 15) is 0 Å². The van der Waals surface area contributed by atoms with Crippen molar-refractivity contribution in [1.82, 2.24) is 14.7 Å². The first-order valence-corrected chi connectivity index (χ1v) is 6.62. The normalized spacial score (nSPS) is 11.2. The zero-order valence-electron chi connectivity index (χ0n) is 11.7. The van der Waals surface area contributed by atoms with Gasteiger partial charge in [0, 0.05) is 32.9 Å². The summed E-state index contributed by atoms with van der Waals surface area (Å²) in [5.74, 6) is 0. The van der Waals surface area contributed by atoms with Gasteiger partial charge in [0.2, 0.25) is 0 Å². The fourth-order valence-corrected chi connectivity index (χ4v) is 2.20. The maximum absolute atomic E-state index is 5.76. The van der Waals surface area contributed by atoms with E-state index in [2.05, 4.69) is 41.4 Å². The Balaban J connectivity index is 1.88. The Bertz CT molecular complexity index is 518. The molecular weight excluding hydrogens is 236 g/mol. The SMILES string of the molecule is CN(CCc1cnn(C)c1)Cc1ccccc1CN. The predicted molar refractivity (Wildman–Crippen MR) is 77.6 cm³/mol. The van der Waals surface area contributed by atoms with E-state index in [1.165, 1.54) is 16.7 Å². The van der Waals surface area contributed by atoms with Crippen LogP contribution in [0, 0.1) is 0 Å². The van der Waals surface area contributed by atoms with Crippen molar-refractivity contribution in [1.29, 1.82) is 0 Å². The average Bonchev–Trinajstić information content (AvgIpc) is 2.83. The summed E-state index contributed by atoms with van der Waals surface area (Å²) in [6.45, 7) is 2.56. The molecule has 0 aliphatic rings. The third-order valence-corrected chi connectivity index (χ3v) is 3.32. The average molecular weight is 258 g/mol. The molecule has 2 aromatic rings. The van der Waals surface area contributed by atoms with Crippen molar-refractivity contribution in [2.45, 2.75) is 19.5 Å². The molecule has 2 N–H and O–H groups in total. The van der Waals surface area contributed by atoms with Crippen LogP contribution in [0.15, 0.2) is 36.7 Å². The van der Waals surface area contributed by atoms with Gasteiger partial charge in [0.1, 0.15) is 0 Å². The van der Waals surface area contributed by atoms with Gasteiger partial charge >= 0.3 is 0 Å². The molecule has 0 saturated heterocycles. The number of aromatic nitrogens is 2. The van der Waals surface area contributed by atoms with Gasteiger partial charge in [0.25, 0.3) is 0 Å². The number of nitrogens with zero attached hydrogens (tertiary/aromatic N) is 3. The molecule has 0 atom stereocenters. The van der Waals surface area contributed by atoms with Gasteiger partial charge < -0.3 is 10.6 Å². The third-order valence-electron chi connectivity index (χ3n) is 3.32. The van der Waals surface area contributed by atoms with Crippen LogP contribution in [0.1, 0.15) is 16.7 Å². The molecule has 102 valence electrons. The van der Waals surface area contributed by atoms with Gasteiger partial charge in [-0.1, -0.05) is 24.3 Å². The van der Waals surface area contributed by atoms with E-state index in [4.69, 9.17) is 5.73 Å². The summed E-state index contributed by atoms with van der Waals surface area (Å²) in [6.07, 6.45) is 5.03. The van der Waals surface area contributed by atoms with Crippen molar-refractivity contribution in [2.24, 2.45) is 12.8 Å². The van der Waals surface area contributed by atoms with Crippen LogP contribution >= 0.6 is 0 Å². The highest BCUT2D eigenvalue weighted by Crippen LogP contribution is 2.10. The van der Waals surface area contributed by atoms with Crippen molar-refractivity contribution in [3.63, 3.8) is 0 Å². The number of likely N-dealkylation sites (N-methyl/N-ethyl adjacent to an activating group) is 1. The predicted octanol–water partition coefficient (Wildman–Crippen LogP) is 1.55. The lowest BCUT2D eigenvalue weighted by Gasteiger charge is -2.18. The Hall–Kier alpha value is -1.65. The molecule has 0 aliphatic heterocycles. The van der Waals surface area contributed by atoms with Crippen molar-refractivity contribution in [2.75, 3.05) is 13.6 Å². The maximum Gasteiger partial charge on any atom is 0.0522 e. The molecular formula is C15H22N4. The topological polar surface area (TPSA) is 47.1 Å². The Morgan fingerprint density at radius 2 is 2.00 bits per heavy atom. The van der Waals surface area contributed by atoms with Crippen LogP contribution in [-0.4, -0.2) is 28.3 Å². The molecule has 0 saturated carbocycles. The summed E-state index contributed by atoms with van der Waals surface area (Å²) in [4.78, 5) is 2.32. The molecule has 0 aliphatic carbocycles. The number of rotatable bonds is 6. The maximum atomic E-state index is 5.76. The van der Waals surface area contributed by atoms with Gasteiger partial charge in [-0.3, -0.25) is 4.68 Å². The lowest BCUT2D eigenvalue weighted by molar-refractivity contribution is 0.330. The summed E-state index contributed by atoms with van der Waals surface area (Å²) >= 11 is 0. The molecule has 1 heterocycles. The lowest BCUT2D eigenvalue weighted by Crippen LogP contribution is -2.21. The van der Waals surface area contributed by atoms with Gasteiger partial charge in [-0.2, -0.15) is 5.10 Å². The van der Waals surface area contributed by atoms with Crippen LogP contribution in [0.2, 0.25) is 0 Å². The molecule has 1 aromatic heterocycles. The molecule has 0 radical (unpaired) electrons. The standard InChI is InChI=1S/C15H22N4/c1-18(8-7-13-10-17-19(2)11-13)12-15-6-4-3-5-14(15)9-16/h3-6,10-11H,7-9,12,16H2,1-2H3. The highest BCUT2D eigenvalue weighted by molar-refractivity contribution is 5.26. The van der Waals surface area contributed by atoms with Crippen LogP contribution in [0.25, 0.3) is 0 Å². The number of nitrogens with two attached hydrogens (primary N) is 1. The molecule has 19 heavy (non-hydrogen) atoms. The van der Waals surface area contributed by atoms with Crippen LogP contribution in [-0.2, 0) is 26.6 Å². The summed E-state index contributed by atoms with van der Waals surface area (Å²) in [5, 5.41) is 4.19. The van der Waals surface area contributed by atoms with Gasteiger partial charge in [-0.25, -0.2) is 0 Å². The first-order chi connectivity index (χ1) is 9.19. The van der Waals surface area contributed by atoms with Crippen molar-refractivity contribution >= 4 is 0 Å². The summed E-state index contributed by atoms with van der Waals surface area (Å²) in [5.41, 5.74) is 9.59. The number of aryl methyl sites for hydroxylation is 1. The van der Waals surface area contributed by atoms with Crippen molar-refractivity contribution in [3.8, 4) is 0 Å². The number of hydrogen-bond donors (Lipinski definition) is 1. The van der Waals surface area contributed by atoms with Crippen molar-refractivity contribution in [3.05, 3.63) is 53.3 Å². The Morgan fingerprint density at radius 3 is 2.63 bits per heavy atom. The smallest absolute Gasteiger partial charge is 0.0522 e. The zero-order valence-corrected chi connectivity index (χ0v) is 11.7. The summed E-state index contributed by atoms with van der Waals surface area (Å²) in [6, 6.07) is 8.37. The van der Waals surface area contributed by atoms with Gasteiger partial charge in [-0.15, -0.1) is 0 Å². The molecule has 1 aromatic carbocycles. The Kier molecular flexibility index (Phi) is 4.71. The quantitative estimate of drug-likeness (QED) is 0.855. The minimum absolute atomic E-state index is 0.604. The largest absolute Gasteiger partial charge is 0.326 e. The Morgan fingerprint density at radius 1 is 1.26 bits per heavy atom. The lowest BCUT2D eigenvalue weighted by atomic mass is 10.1. The zero-order chi connectivity index (χ0) is 13.7. The van der Waals surface area contributed by atoms with Gasteiger partial charge in [0.05, 0.1) is 6.20 Å². The van der Waals surface area contributed by atoms with E-state index < -0.39 is 0 Å². The second-order valence-corrected chi connectivity index (χ2v) is 4.98. The highest BCUT2D eigenvalue weighted by Gasteiger charge is 2.05. The van der Waals surface area contributed by atoms with E-state index >= 15 is 0 Å². The monoisotopic (exact) mass is 258 g/mol. The first-order valence-electron chi connectivity index (χ1n) is 6.62. The second-order valence-electron chi connectivity index (χ2n) is 4.98. The van der Waals surface area contributed by atoms with E-state index in [1.807, 2.05) is 24.0 Å². The fraction of sp³-hybridized carbons (Fsp3) is 0.400. The van der Waals surface area contributed by atoms with Gasteiger partial charge in [0.15, 0.2) is 0 Å².